The van der Waals surface area contributed by atoms with E-state index in [1.165, 1.54) is 4.57 Å². The number of benzene rings is 2. The van der Waals surface area contributed by atoms with E-state index in [4.69, 9.17) is 9.72 Å². The molecule has 236 valence electrons. The number of nitrogens with zero attached hydrogens (tertiary/aromatic N) is 6. The first-order valence-electron chi connectivity index (χ1n) is 14.9. The van der Waals surface area contributed by atoms with E-state index in [0.29, 0.717) is 31.4 Å². The highest BCUT2D eigenvalue weighted by atomic mass is 19.4. The maximum atomic E-state index is 14.3. The summed E-state index contributed by atoms with van der Waals surface area (Å²) in [7, 11) is 1.64. The predicted molar refractivity (Wildman–Crippen MR) is 171 cm³/mol. The van der Waals surface area contributed by atoms with Gasteiger partial charge in [-0.2, -0.15) is 23.1 Å². The summed E-state index contributed by atoms with van der Waals surface area (Å²) >= 11 is 0. The molecule has 0 atom stereocenters. The number of halogens is 3. The van der Waals surface area contributed by atoms with Crippen LogP contribution in [0.2, 0.25) is 0 Å². The van der Waals surface area contributed by atoms with Gasteiger partial charge in [-0.15, -0.1) is 0 Å². The third kappa shape index (κ3) is 6.01. The maximum absolute atomic E-state index is 14.3. The molecule has 2 aromatic carbocycles. The van der Waals surface area contributed by atoms with Crippen LogP contribution in [0.5, 0.6) is 5.75 Å². The normalized spacial score (nSPS) is 15.8. The largest absolute Gasteiger partial charge is 0.497 e. The van der Waals surface area contributed by atoms with E-state index in [0.717, 1.165) is 28.3 Å². The zero-order chi connectivity index (χ0) is 32.2. The van der Waals surface area contributed by atoms with Gasteiger partial charge in [-0.1, -0.05) is 32.9 Å². The van der Waals surface area contributed by atoms with Crippen LogP contribution in [0.1, 0.15) is 71.5 Å². The van der Waals surface area contributed by atoms with Crippen molar-refractivity contribution in [3.63, 3.8) is 0 Å². The molecule has 3 heterocycles. The molecule has 11 heteroatoms. The molecule has 0 spiro atoms. The third-order valence-electron chi connectivity index (χ3n) is 8.23. The van der Waals surface area contributed by atoms with Crippen molar-refractivity contribution in [1.29, 1.82) is 0 Å². The number of aromatic nitrogens is 4. The molecule has 1 aliphatic rings. The van der Waals surface area contributed by atoms with Gasteiger partial charge < -0.3 is 24.4 Å². The molecule has 5 rings (SSSR count). The summed E-state index contributed by atoms with van der Waals surface area (Å²) in [6.45, 7) is 17.8. The fourth-order valence-electron chi connectivity index (χ4n) is 5.84. The highest BCUT2D eigenvalue weighted by Gasteiger charge is 2.40. The quantitative estimate of drug-likeness (QED) is 0.238. The molecule has 44 heavy (non-hydrogen) atoms. The lowest BCUT2D eigenvalue weighted by molar-refractivity contribution is -0.147. The lowest BCUT2D eigenvalue weighted by Gasteiger charge is -2.48. The molecule has 0 radical (unpaired) electrons. The number of aryl methyl sites for hydroxylation is 1. The number of anilines is 4. The molecular formula is C33H42F3N7O. The van der Waals surface area contributed by atoms with Gasteiger partial charge in [0.05, 0.1) is 12.6 Å². The zero-order valence-corrected chi connectivity index (χ0v) is 27.0. The number of hydrogen-bond donors (Lipinski definition) is 1. The molecule has 0 bridgehead atoms. The van der Waals surface area contributed by atoms with E-state index < -0.39 is 18.0 Å². The summed E-state index contributed by atoms with van der Waals surface area (Å²) in [4.78, 5) is 18.0. The van der Waals surface area contributed by atoms with Crippen LogP contribution in [-0.2, 0) is 11.6 Å². The van der Waals surface area contributed by atoms with Gasteiger partial charge in [0.1, 0.15) is 11.3 Å². The van der Waals surface area contributed by atoms with Gasteiger partial charge in [0.15, 0.2) is 11.5 Å². The minimum absolute atomic E-state index is 0.0125. The second-order valence-electron chi connectivity index (χ2n) is 13.4. The standard InChI is InChI=1S/C33H42F3N7O/c1-20(2)43-26-27(37-25-18-22(31(4,5)6)11-10-21(25)3)39-30(40-28(26)38-29(43)33(34,35)36)41-16-17-42(32(7,8)19-41)23-12-14-24(44-9)15-13-23/h10-15,18,20H,16-17,19H2,1-9H3,(H,37,39,40). The minimum atomic E-state index is -4.66. The third-order valence-corrected chi connectivity index (χ3v) is 8.23. The molecule has 0 aliphatic carbocycles. The Bertz CT molecular complexity index is 1650. The Morgan fingerprint density at radius 2 is 1.64 bits per heavy atom. The van der Waals surface area contributed by atoms with Crippen molar-refractivity contribution in [2.45, 2.75) is 78.6 Å². The second-order valence-corrected chi connectivity index (χ2v) is 13.4. The van der Waals surface area contributed by atoms with Crippen LogP contribution >= 0.6 is 0 Å². The Labute approximate surface area is 257 Å². The average Bonchev–Trinajstić information content (AvgIpc) is 3.34. The SMILES string of the molecule is COc1ccc(N2CCN(c3nc(Nc4cc(C(C)(C)C)ccc4C)c4c(n3)nc(C(F)(F)F)n4C(C)C)CC2(C)C)cc1. The first-order chi connectivity index (χ1) is 20.5. The number of nitrogens with one attached hydrogen (secondary N) is 1. The first kappa shape index (κ1) is 31.4. The van der Waals surface area contributed by atoms with E-state index in [1.54, 1.807) is 21.0 Å². The number of imidazole rings is 1. The first-order valence-corrected chi connectivity index (χ1v) is 14.9. The summed E-state index contributed by atoms with van der Waals surface area (Å²) in [5.74, 6) is 0.441. The number of hydrogen-bond acceptors (Lipinski definition) is 7. The van der Waals surface area contributed by atoms with E-state index in [9.17, 15) is 13.2 Å². The number of ether oxygens (including phenoxy) is 1. The van der Waals surface area contributed by atoms with Crippen molar-refractivity contribution >= 4 is 34.3 Å². The van der Waals surface area contributed by atoms with E-state index in [1.807, 2.05) is 48.2 Å². The van der Waals surface area contributed by atoms with Crippen molar-refractivity contribution < 1.29 is 17.9 Å². The molecule has 1 fully saturated rings. The number of fused-ring (bicyclic) bond motifs is 1. The van der Waals surface area contributed by atoms with Crippen LogP contribution in [0.15, 0.2) is 42.5 Å². The van der Waals surface area contributed by atoms with Crippen LogP contribution < -0.4 is 19.9 Å². The average molecular weight is 610 g/mol. The molecule has 4 aromatic rings. The number of piperazine rings is 1. The highest BCUT2D eigenvalue weighted by molar-refractivity contribution is 5.88. The van der Waals surface area contributed by atoms with Gasteiger partial charge >= 0.3 is 6.18 Å². The van der Waals surface area contributed by atoms with Crippen LogP contribution in [0.25, 0.3) is 11.2 Å². The summed E-state index contributed by atoms with van der Waals surface area (Å²) in [5, 5.41) is 3.41. The topological polar surface area (TPSA) is 71.3 Å². The van der Waals surface area contributed by atoms with Crippen molar-refractivity contribution in [1.82, 2.24) is 19.5 Å². The number of rotatable bonds is 6. The summed E-state index contributed by atoms with van der Waals surface area (Å²) in [6.07, 6.45) is -4.66. The van der Waals surface area contributed by atoms with E-state index in [-0.39, 0.29) is 22.1 Å². The van der Waals surface area contributed by atoms with Crippen LogP contribution in [0, 0.1) is 6.92 Å². The molecule has 1 saturated heterocycles. The Hall–Kier alpha value is -4.02. The molecule has 1 aliphatic heterocycles. The minimum Gasteiger partial charge on any atom is -0.497 e. The smallest absolute Gasteiger partial charge is 0.449 e. The number of methoxy groups -OCH3 is 1. The summed E-state index contributed by atoms with van der Waals surface area (Å²) in [5.41, 5.74) is 3.69. The molecule has 1 N–H and O–H groups in total. The van der Waals surface area contributed by atoms with Crippen molar-refractivity contribution in [3.8, 4) is 5.75 Å². The van der Waals surface area contributed by atoms with Crippen molar-refractivity contribution in [3.05, 3.63) is 59.4 Å². The summed E-state index contributed by atoms with van der Waals surface area (Å²) < 4.78 is 49.4. The lowest BCUT2D eigenvalue weighted by atomic mass is 9.86. The highest BCUT2D eigenvalue weighted by Crippen LogP contribution is 2.39. The van der Waals surface area contributed by atoms with Crippen LogP contribution in [0.4, 0.5) is 36.3 Å². The van der Waals surface area contributed by atoms with Gasteiger partial charge in [0, 0.05) is 37.1 Å². The molecule has 8 nitrogen and oxygen atoms in total. The molecule has 0 unspecified atom stereocenters. The molecule has 2 aromatic heterocycles. The Morgan fingerprint density at radius 1 is 0.955 bits per heavy atom. The van der Waals surface area contributed by atoms with Crippen molar-refractivity contribution in [2.24, 2.45) is 0 Å². The van der Waals surface area contributed by atoms with Gasteiger partial charge in [-0.25, -0.2) is 4.98 Å². The Kier molecular flexibility index (Phi) is 7.97. The van der Waals surface area contributed by atoms with Crippen LogP contribution in [0.3, 0.4) is 0 Å². The summed E-state index contributed by atoms with van der Waals surface area (Å²) in [6, 6.07) is 13.6. The molecule has 0 amide bonds. The predicted octanol–water partition coefficient (Wildman–Crippen LogP) is 7.89. The van der Waals surface area contributed by atoms with Gasteiger partial charge in [0.2, 0.25) is 11.8 Å². The number of alkyl halides is 3. The van der Waals surface area contributed by atoms with E-state index >= 15 is 0 Å². The molecular weight excluding hydrogens is 567 g/mol. The van der Waals surface area contributed by atoms with Gasteiger partial charge in [-0.3, -0.25) is 0 Å². The second kappa shape index (κ2) is 11.2. The molecule has 0 saturated carbocycles. The van der Waals surface area contributed by atoms with E-state index in [2.05, 4.69) is 60.9 Å². The maximum Gasteiger partial charge on any atom is 0.449 e. The fraction of sp³-hybridized carbons (Fsp3) is 0.485. The Morgan fingerprint density at radius 3 is 2.20 bits per heavy atom. The van der Waals surface area contributed by atoms with Crippen LogP contribution in [-0.4, -0.2) is 51.8 Å². The Balaban J connectivity index is 1.61. The monoisotopic (exact) mass is 609 g/mol. The zero-order valence-electron chi connectivity index (χ0n) is 27.0. The van der Waals surface area contributed by atoms with Gasteiger partial charge in [0.25, 0.3) is 0 Å². The van der Waals surface area contributed by atoms with Crippen molar-refractivity contribution in [2.75, 3.05) is 41.9 Å². The van der Waals surface area contributed by atoms with Gasteiger partial charge in [-0.05, 0) is 81.5 Å². The fourth-order valence-corrected chi connectivity index (χ4v) is 5.84. The lowest BCUT2D eigenvalue weighted by Crippen LogP contribution is -2.60.